The summed E-state index contributed by atoms with van der Waals surface area (Å²) in [6.45, 7) is 0.119. The van der Waals surface area contributed by atoms with Crippen molar-refractivity contribution in [2.24, 2.45) is 5.92 Å². The molecule has 1 saturated carbocycles. The van der Waals surface area contributed by atoms with Crippen LogP contribution in [0.25, 0.3) is 10.9 Å². The zero-order valence-corrected chi connectivity index (χ0v) is 11.3. The zero-order chi connectivity index (χ0) is 13.9. The third-order valence-corrected chi connectivity index (χ3v) is 3.86. The number of aliphatic hydroxyl groups excluding tert-OH is 1. The van der Waals surface area contributed by atoms with E-state index in [0.717, 1.165) is 29.4 Å². The fourth-order valence-corrected chi connectivity index (χ4v) is 2.63. The maximum atomic E-state index is 12.1. The second kappa shape index (κ2) is 5.63. The van der Waals surface area contributed by atoms with Gasteiger partial charge in [0.2, 0.25) is 5.91 Å². The number of fused-ring (bicyclic) bond motifs is 1. The molecule has 2 aromatic rings. The van der Waals surface area contributed by atoms with Gasteiger partial charge < -0.3 is 10.4 Å². The summed E-state index contributed by atoms with van der Waals surface area (Å²) < 4.78 is 0. The molecule has 1 unspecified atom stereocenters. The van der Waals surface area contributed by atoms with Crippen LogP contribution in [0.4, 0.5) is 0 Å². The Labute approximate surface area is 117 Å². The quantitative estimate of drug-likeness (QED) is 0.744. The zero-order valence-electron chi connectivity index (χ0n) is 11.3. The van der Waals surface area contributed by atoms with Gasteiger partial charge in [-0.05, 0) is 31.2 Å². The molecule has 20 heavy (non-hydrogen) atoms. The Hall–Kier alpha value is -1.88. The van der Waals surface area contributed by atoms with Gasteiger partial charge in [0.1, 0.15) is 0 Å². The number of amides is 1. The summed E-state index contributed by atoms with van der Waals surface area (Å²) in [5.41, 5.74) is 1.72. The highest BCUT2D eigenvalue weighted by Crippen LogP contribution is 2.33. The molecule has 0 radical (unpaired) electrons. The van der Waals surface area contributed by atoms with E-state index in [-0.39, 0.29) is 18.6 Å². The van der Waals surface area contributed by atoms with Crippen molar-refractivity contribution in [1.82, 2.24) is 15.5 Å². The normalized spacial score (nSPS) is 16.2. The molecular weight excluding hydrogens is 254 g/mol. The fraction of sp³-hybridized carbons (Fsp3) is 0.467. The Kier molecular flexibility index (Phi) is 3.69. The minimum Gasteiger partial charge on any atom is -0.396 e. The van der Waals surface area contributed by atoms with Crippen LogP contribution in [-0.2, 0) is 11.2 Å². The molecule has 0 aliphatic heterocycles. The number of rotatable bonds is 6. The van der Waals surface area contributed by atoms with E-state index in [4.69, 9.17) is 5.11 Å². The number of carbonyl (C=O) groups is 1. The molecule has 1 amide bonds. The monoisotopic (exact) mass is 273 g/mol. The standard InChI is InChI=1S/C15H19N3O2/c19-8-7-12(10-5-6-10)16-15(20)9-14-11-3-1-2-4-13(11)17-18-14/h1-4,10,12,19H,5-9H2,(H,16,20)(H,17,18). The molecule has 106 valence electrons. The first-order chi connectivity index (χ1) is 9.78. The number of aromatic nitrogens is 2. The average Bonchev–Trinajstić information content (AvgIpc) is 3.22. The highest BCUT2D eigenvalue weighted by atomic mass is 16.3. The smallest absolute Gasteiger partial charge is 0.226 e. The SMILES string of the molecule is O=C(Cc1[nH]nc2ccccc12)NC(CCO)C1CC1. The predicted octanol–water partition coefficient (Wildman–Crippen LogP) is 1.38. The van der Waals surface area contributed by atoms with Gasteiger partial charge in [-0.1, -0.05) is 18.2 Å². The van der Waals surface area contributed by atoms with E-state index in [1.54, 1.807) is 0 Å². The van der Waals surface area contributed by atoms with Crippen molar-refractivity contribution in [3.8, 4) is 0 Å². The van der Waals surface area contributed by atoms with Gasteiger partial charge in [-0.2, -0.15) is 5.10 Å². The van der Waals surface area contributed by atoms with Gasteiger partial charge >= 0.3 is 0 Å². The molecule has 1 fully saturated rings. The summed E-state index contributed by atoms with van der Waals surface area (Å²) in [6, 6.07) is 7.87. The van der Waals surface area contributed by atoms with E-state index in [0.29, 0.717) is 18.8 Å². The Bertz CT molecular complexity index is 604. The van der Waals surface area contributed by atoms with Crippen LogP contribution in [0.15, 0.2) is 24.3 Å². The lowest BCUT2D eigenvalue weighted by Crippen LogP contribution is -2.38. The minimum atomic E-state index is -0.00949. The highest BCUT2D eigenvalue weighted by molar-refractivity contribution is 5.87. The lowest BCUT2D eigenvalue weighted by atomic mass is 10.1. The number of hydrogen-bond donors (Lipinski definition) is 3. The number of nitrogens with zero attached hydrogens (tertiary/aromatic N) is 1. The molecule has 1 aliphatic carbocycles. The van der Waals surface area contributed by atoms with Gasteiger partial charge in [-0.15, -0.1) is 0 Å². The summed E-state index contributed by atoms with van der Waals surface area (Å²) >= 11 is 0. The Morgan fingerprint density at radius 3 is 3.00 bits per heavy atom. The third-order valence-electron chi connectivity index (χ3n) is 3.86. The van der Waals surface area contributed by atoms with E-state index in [1.165, 1.54) is 0 Å². The molecular formula is C15H19N3O2. The van der Waals surface area contributed by atoms with E-state index >= 15 is 0 Å². The number of aliphatic hydroxyl groups is 1. The van der Waals surface area contributed by atoms with Crippen molar-refractivity contribution >= 4 is 16.8 Å². The van der Waals surface area contributed by atoms with Gasteiger partial charge in [0.25, 0.3) is 0 Å². The highest BCUT2D eigenvalue weighted by Gasteiger charge is 2.31. The first kappa shape index (κ1) is 13.1. The number of para-hydroxylation sites is 1. The first-order valence-electron chi connectivity index (χ1n) is 7.10. The maximum Gasteiger partial charge on any atom is 0.226 e. The van der Waals surface area contributed by atoms with Crippen LogP contribution in [0.3, 0.4) is 0 Å². The predicted molar refractivity (Wildman–Crippen MR) is 76.2 cm³/mol. The van der Waals surface area contributed by atoms with Crippen LogP contribution in [-0.4, -0.2) is 33.9 Å². The van der Waals surface area contributed by atoms with Crippen molar-refractivity contribution in [3.63, 3.8) is 0 Å². The van der Waals surface area contributed by atoms with Crippen molar-refractivity contribution in [3.05, 3.63) is 30.0 Å². The van der Waals surface area contributed by atoms with Gasteiger partial charge in [0, 0.05) is 18.0 Å². The molecule has 3 N–H and O–H groups in total. The molecule has 0 bridgehead atoms. The van der Waals surface area contributed by atoms with Gasteiger partial charge in [0.15, 0.2) is 0 Å². The largest absolute Gasteiger partial charge is 0.396 e. The van der Waals surface area contributed by atoms with Gasteiger partial charge in [-0.25, -0.2) is 0 Å². The molecule has 0 spiro atoms. The average molecular weight is 273 g/mol. The summed E-state index contributed by atoms with van der Waals surface area (Å²) in [6.07, 6.45) is 3.24. The second-order valence-corrected chi connectivity index (χ2v) is 5.42. The van der Waals surface area contributed by atoms with Crippen LogP contribution >= 0.6 is 0 Å². The minimum absolute atomic E-state index is 0.00949. The summed E-state index contributed by atoms with van der Waals surface area (Å²) in [7, 11) is 0. The molecule has 5 heteroatoms. The van der Waals surface area contributed by atoms with E-state index in [2.05, 4.69) is 15.5 Å². The number of benzene rings is 1. The van der Waals surface area contributed by atoms with E-state index in [1.807, 2.05) is 24.3 Å². The first-order valence-corrected chi connectivity index (χ1v) is 7.10. The molecule has 1 atom stereocenters. The Balaban J connectivity index is 1.66. The lowest BCUT2D eigenvalue weighted by Gasteiger charge is -2.16. The van der Waals surface area contributed by atoms with Crippen LogP contribution < -0.4 is 5.32 Å². The third kappa shape index (κ3) is 2.82. The van der Waals surface area contributed by atoms with Gasteiger partial charge in [0.05, 0.1) is 17.6 Å². The van der Waals surface area contributed by atoms with Crippen molar-refractivity contribution < 1.29 is 9.90 Å². The second-order valence-electron chi connectivity index (χ2n) is 5.42. The molecule has 1 aromatic heterocycles. The molecule has 1 aromatic carbocycles. The summed E-state index contributed by atoms with van der Waals surface area (Å²) in [4.78, 5) is 12.1. The molecule has 1 aliphatic rings. The topological polar surface area (TPSA) is 78.0 Å². The number of carbonyl (C=O) groups excluding carboxylic acids is 1. The maximum absolute atomic E-state index is 12.1. The number of nitrogens with one attached hydrogen (secondary N) is 2. The Morgan fingerprint density at radius 2 is 2.25 bits per heavy atom. The number of H-pyrrole nitrogens is 1. The fourth-order valence-electron chi connectivity index (χ4n) is 2.63. The lowest BCUT2D eigenvalue weighted by molar-refractivity contribution is -0.121. The Morgan fingerprint density at radius 1 is 1.45 bits per heavy atom. The summed E-state index contributed by atoms with van der Waals surface area (Å²) in [5.74, 6) is 0.536. The van der Waals surface area contributed by atoms with Crippen LogP contribution in [0, 0.1) is 5.92 Å². The van der Waals surface area contributed by atoms with Crippen molar-refractivity contribution in [1.29, 1.82) is 0 Å². The van der Waals surface area contributed by atoms with Crippen LogP contribution in [0.5, 0.6) is 0 Å². The number of hydrogen-bond acceptors (Lipinski definition) is 3. The van der Waals surface area contributed by atoms with Crippen molar-refractivity contribution in [2.75, 3.05) is 6.61 Å². The molecule has 5 nitrogen and oxygen atoms in total. The number of aromatic amines is 1. The van der Waals surface area contributed by atoms with Crippen molar-refractivity contribution in [2.45, 2.75) is 31.7 Å². The molecule has 1 heterocycles. The molecule has 0 saturated heterocycles. The van der Waals surface area contributed by atoms with E-state index < -0.39 is 0 Å². The summed E-state index contributed by atoms with van der Waals surface area (Å²) in [5, 5.41) is 20.2. The molecule has 3 rings (SSSR count). The van der Waals surface area contributed by atoms with Crippen LogP contribution in [0.2, 0.25) is 0 Å². The van der Waals surface area contributed by atoms with Crippen LogP contribution in [0.1, 0.15) is 25.0 Å². The van der Waals surface area contributed by atoms with Gasteiger partial charge in [-0.3, -0.25) is 9.89 Å². The van der Waals surface area contributed by atoms with E-state index in [9.17, 15) is 4.79 Å².